The van der Waals surface area contributed by atoms with Gasteiger partial charge in [0.2, 0.25) is 21.8 Å². The van der Waals surface area contributed by atoms with Crippen molar-refractivity contribution in [3.63, 3.8) is 0 Å². The van der Waals surface area contributed by atoms with Gasteiger partial charge in [-0.15, -0.1) is 0 Å². The van der Waals surface area contributed by atoms with Gasteiger partial charge in [-0.05, 0) is 49.1 Å². The molecule has 0 spiro atoms. The maximum atomic E-state index is 14.6. The number of halogens is 1. The summed E-state index contributed by atoms with van der Waals surface area (Å²) in [6.45, 7) is 0.275. The molecule has 2 aliphatic rings. The third kappa shape index (κ3) is 3.77. The lowest BCUT2D eigenvalue weighted by Crippen LogP contribution is -2.45. The number of carbonyl (C=O) groups excluding carboxylic acids is 2. The molecule has 2 aliphatic heterocycles. The molecule has 0 aliphatic carbocycles. The van der Waals surface area contributed by atoms with Crippen LogP contribution >= 0.6 is 0 Å². The van der Waals surface area contributed by atoms with Crippen LogP contribution < -0.4 is 10.6 Å². The Morgan fingerprint density at radius 3 is 2.93 bits per heavy atom. The van der Waals surface area contributed by atoms with Crippen molar-refractivity contribution < 1.29 is 26.8 Å². The van der Waals surface area contributed by atoms with Gasteiger partial charge >= 0.3 is 0 Å². The molecule has 1 fully saturated rings. The standard InChI is InChI=1S/C19H20FN3O5S/c20-14-10-15-12(5-6-18(24)22-15)9-17(14)29(26,27)23-7-1-4-16(23)19(25)21-11-13-3-2-8-28-13/h2-3,8-10,16H,1,4-7,11H2,(H,21,25)(H,22,24). The fourth-order valence-electron chi connectivity index (χ4n) is 3.70. The lowest BCUT2D eigenvalue weighted by atomic mass is 10.0. The van der Waals surface area contributed by atoms with Crippen molar-refractivity contribution in [2.24, 2.45) is 0 Å². The predicted octanol–water partition coefficient (Wildman–Crippen LogP) is 1.77. The van der Waals surface area contributed by atoms with Crippen LogP contribution in [0.3, 0.4) is 0 Å². The summed E-state index contributed by atoms with van der Waals surface area (Å²) in [6, 6.07) is 4.77. The normalized spacial score (nSPS) is 19.6. The van der Waals surface area contributed by atoms with Crippen molar-refractivity contribution in [1.82, 2.24) is 9.62 Å². The largest absolute Gasteiger partial charge is 0.467 e. The van der Waals surface area contributed by atoms with E-state index in [0.29, 0.717) is 30.6 Å². The average Bonchev–Trinajstić information content (AvgIpc) is 3.37. The number of nitrogens with zero attached hydrogens (tertiary/aromatic N) is 1. The van der Waals surface area contributed by atoms with Gasteiger partial charge in [0.15, 0.2) is 0 Å². The van der Waals surface area contributed by atoms with Crippen molar-refractivity contribution >= 4 is 27.5 Å². The molecule has 0 saturated carbocycles. The van der Waals surface area contributed by atoms with E-state index in [4.69, 9.17) is 4.42 Å². The second-order valence-corrected chi connectivity index (χ2v) is 8.92. The predicted molar refractivity (Wildman–Crippen MR) is 101 cm³/mol. The van der Waals surface area contributed by atoms with Gasteiger partial charge in [-0.1, -0.05) is 0 Å². The highest BCUT2D eigenvalue weighted by molar-refractivity contribution is 7.89. The van der Waals surface area contributed by atoms with E-state index in [9.17, 15) is 22.4 Å². The average molecular weight is 421 g/mol. The molecule has 0 bridgehead atoms. The number of sulfonamides is 1. The molecule has 2 aromatic rings. The zero-order chi connectivity index (χ0) is 20.6. The maximum Gasteiger partial charge on any atom is 0.246 e. The molecule has 29 heavy (non-hydrogen) atoms. The summed E-state index contributed by atoms with van der Waals surface area (Å²) < 4.78 is 47.2. The molecule has 1 atom stereocenters. The van der Waals surface area contributed by atoms with E-state index in [1.54, 1.807) is 12.1 Å². The first kappa shape index (κ1) is 19.6. The van der Waals surface area contributed by atoms with E-state index in [2.05, 4.69) is 10.6 Å². The smallest absolute Gasteiger partial charge is 0.246 e. The summed E-state index contributed by atoms with van der Waals surface area (Å²) in [5, 5.41) is 5.22. The van der Waals surface area contributed by atoms with Crippen molar-refractivity contribution in [3.8, 4) is 0 Å². The highest BCUT2D eigenvalue weighted by Crippen LogP contribution is 2.32. The molecule has 154 valence electrons. The van der Waals surface area contributed by atoms with Crippen LogP contribution in [0.2, 0.25) is 0 Å². The SMILES string of the molecule is O=C1CCc2cc(S(=O)(=O)N3CCCC3C(=O)NCc3ccco3)c(F)cc2N1. The lowest BCUT2D eigenvalue weighted by molar-refractivity contribution is -0.124. The highest BCUT2D eigenvalue weighted by atomic mass is 32.2. The van der Waals surface area contributed by atoms with E-state index in [1.165, 1.54) is 12.3 Å². The second kappa shape index (κ2) is 7.60. The monoisotopic (exact) mass is 421 g/mol. The molecular weight excluding hydrogens is 401 g/mol. The summed E-state index contributed by atoms with van der Waals surface area (Å²) in [6.07, 6.45) is 2.87. The maximum absolute atomic E-state index is 14.6. The molecule has 3 heterocycles. The first-order chi connectivity index (χ1) is 13.9. The minimum Gasteiger partial charge on any atom is -0.467 e. The number of anilines is 1. The Hall–Kier alpha value is -2.72. The van der Waals surface area contributed by atoms with E-state index in [0.717, 1.165) is 10.4 Å². The van der Waals surface area contributed by atoms with Crippen LogP contribution in [-0.4, -0.2) is 37.1 Å². The van der Waals surface area contributed by atoms with Crippen molar-refractivity contribution in [3.05, 3.63) is 47.7 Å². The van der Waals surface area contributed by atoms with E-state index >= 15 is 0 Å². The van der Waals surface area contributed by atoms with E-state index in [-0.39, 0.29) is 31.1 Å². The van der Waals surface area contributed by atoms with Gasteiger partial charge in [0.05, 0.1) is 12.8 Å². The molecule has 1 aromatic heterocycles. The Bertz CT molecular complexity index is 1050. The molecule has 4 rings (SSSR count). The lowest BCUT2D eigenvalue weighted by Gasteiger charge is -2.25. The minimum absolute atomic E-state index is 0.133. The van der Waals surface area contributed by atoms with Crippen molar-refractivity contribution in [2.45, 2.75) is 43.2 Å². The van der Waals surface area contributed by atoms with Crippen LogP contribution in [0.25, 0.3) is 0 Å². The fourth-order valence-corrected chi connectivity index (χ4v) is 5.45. The first-order valence-corrected chi connectivity index (χ1v) is 10.7. The number of furan rings is 1. The summed E-state index contributed by atoms with van der Waals surface area (Å²) in [5.74, 6) is -1.09. The minimum atomic E-state index is -4.22. The summed E-state index contributed by atoms with van der Waals surface area (Å²) in [4.78, 5) is 23.6. The number of fused-ring (bicyclic) bond motifs is 1. The molecule has 1 aromatic carbocycles. The van der Waals surface area contributed by atoms with Gasteiger partial charge in [0.1, 0.15) is 22.5 Å². The van der Waals surface area contributed by atoms with Crippen LogP contribution in [0.4, 0.5) is 10.1 Å². The third-order valence-electron chi connectivity index (χ3n) is 5.16. The Morgan fingerprint density at radius 2 is 2.17 bits per heavy atom. The Morgan fingerprint density at radius 1 is 1.34 bits per heavy atom. The van der Waals surface area contributed by atoms with Crippen LogP contribution in [0.1, 0.15) is 30.6 Å². The Balaban J connectivity index is 1.57. The molecule has 10 heteroatoms. The van der Waals surface area contributed by atoms with Gasteiger partial charge in [-0.25, -0.2) is 12.8 Å². The van der Waals surface area contributed by atoms with Gasteiger partial charge < -0.3 is 15.1 Å². The van der Waals surface area contributed by atoms with Crippen LogP contribution in [0.15, 0.2) is 39.8 Å². The molecule has 8 nitrogen and oxygen atoms in total. The topological polar surface area (TPSA) is 109 Å². The highest BCUT2D eigenvalue weighted by Gasteiger charge is 2.41. The molecular formula is C19H20FN3O5S. The zero-order valence-electron chi connectivity index (χ0n) is 15.5. The van der Waals surface area contributed by atoms with Gasteiger partial charge in [-0.2, -0.15) is 4.31 Å². The Kier molecular flexibility index (Phi) is 5.13. The van der Waals surface area contributed by atoms with Crippen molar-refractivity contribution in [2.75, 3.05) is 11.9 Å². The number of hydrogen-bond acceptors (Lipinski definition) is 5. The van der Waals surface area contributed by atoms with Gasteiger partial charge in [0, 0.05) is 18.7 Å². The summed E-state index contributed by atoms with van der Waals surface area (Å²) >= 11 is 0. The molecule has 1 unspecified atom stereocenters. The van der Waals surface area contributed by atoms with Gasteiger partial charge in [-0.3, -0.25) is 9.59 Å². The number of benzene rings is 1. The van der Waals surface area contributed by atoms with Crippen LogP contribution in [0.5, 0.6) is 0 Å². The van der Waals surface area contributed by atoms with E-state index in [1.807, 2.05) is 0 Å². The zero-order valence-corrected chi connectivity index (χ0v) is 16.3. The number of carbonyl (C=O) groups is 2. The molecule has 2 amide bonds. The number of amides is 2. The summed E-state index contributed by atoms with van der Waals surface area (Å²) in [7, 11) is -4.22. The van der Waals surface area contributed by atoms with E-state index < -0.39 is 32.7 Å². The van der Waals surface area contributed by atoms with Crippen LogP contribution in [0, 0.1) is 5.82 Å². The Labute approximate surface area is 167 Å². The molecule has 2 N–H and O–H groups in total. The number of aryl methyl sites for hydroxylation is 1. The van der Waals surface area contributed by atoms with Crippen molar-refractivity contribution in [1.29, 1.82) is 0 Å². The summed E-state index contributed by atoms with van der Waals surface area (Å²) in [5.41, 5.74) is 0.842. The molecule has 1 saturated heterocycles. The van der Waals surface area contributed by atoms with Gasteiger partial charge in [0.25, 0.3) is 0 Å². The van der Waals surface area contributed by atoms with Crippen LogP contribution in [-0.2, 0) is 32.6 Å². The molecule has 0 radical (unpaired) electrons. The first-order valence-electron chi connectivity index (χ1n) is 9.30. The quantitative estimate of drug-likeness (QED) is 0.765. The number of hydrogen-bond donors (Lipinski definition) is 2. The third-order valence-corrected chi connectivity index (χ3v) is 7.09. The number of nitrogens with one attached hydrogen (secondary N) is 2. The fraction of sp³-hybridized carbons (Fsp3) is 0.368. The second-order valence-electron chi connectivity index (χ2n) is 7.06. The number of rotatable bonds is 5.